The maximum Gasteiger partial charge on any atom is 0.453 e. The molecule has 1 aromatic heterocycles. The first-order valence-electron chi connectivity index (χ1n) is 5.31. The van der Waals surface area contributed by atoms with Gasteiger partial charge in [0.2, 0.25) is 0 Å². The van der Waals surface area contributed by atoms with E-state index in [2.05, 4.69) is 20.3 Å². The summed E-state index contributed by atoms with van der Waals surface area (Å²) in [6.07, 6.45) is 1.94. The molecule has 1 unspecified atom stereocenters. The molecule has 1 atom stereocenters. The SMILES string of the molecule is CCN1C=CC=NC1(Nc1cnc[nH]1)C(F)(F)F. The van der Waals surface area contributed by atoms with Crippen LogP contribution >= 0.6 is 0 Å². The standard InChI is InChI=1S/C10H12F3N5/c1-2-18-5-3-4-16-10(18,9(11,12)13)17-8-6-14-7-15-8/h3-7,17H,2H2,1H3,(H,14,15). The lowest BCUT2D eigenvalue weighted by Gasteiger charge is -2.42. The topological polar surface area (TPSA) is 56.3 Å². The Bertz CT molecular complexity index is 451. The number of aromatic nitrogens is 2. The molecule has 0 bridgehead atoms. The van der Waals surface area contributed by atoms with Crippen molar-refractivity contribution in [2.45, 2.75) is 18.9 Å². The second-order valence-corrected chi connectivity index (χ2v) is 3.67. The lowest BCUT2D eigenvalue weighted by molar-refractivity contribution is -0.211. The van der Waals surface area contributed by atoms with E-state index in [0.717, 1.165) is 11.1 Å². The lowest BCUT2D eigenvalue weighted by atomic mass is 10.2. The van der Waals surface area contributed by atoms with Crippen LogP contribution in [-0.4, -0.2) is 39.6 Å². The van der Waals surface area contributed by atoms with Crippen LogP contribution in [0.15, 0.2) is 29.8 Å². The van der Waals surface area contributed by atoms with Crippen molar-refractivity contribution < 1.29 is 13.2 Å². The van der Waals surface area contributed by atoms with Crippen molar-refractivity contribution in [1.82, 2.24) is 14.9 Å². The van der Waals surface area contributed by atoms with Crippen molar-refractivity contribution in [3.05, 3.63) is 24.8 Å². The van der Waals surface area contributed by atoms with Gasteiger partial charge < -0.3 is 15.2 Å². The minimum absolute atomic E-state index is 0.151. The Morgan fingerprint density at radius 2 is 2.28 bits per heavy atom. The fraction of sp³-hybridized carbons (Fsp3) is 0.400. The van der Waals surface area contributed by atoms with Crippen molar-refractivity contribution in [2.24, 2.45) is 4.99 Å². The molecule has 0 saturated carbocycles. The van der Waals surface area contributed by atoms with Crippen LogP contribution in [0.1, 0.15) is 6.92 Å². The molecule has 1 aliphatic rings. The Morgan fingerprint density at radius 1 is 1.50 bits per heavy atom. The van der Waals surface area contributed by atoms with Crippen LogP contribution in [0, 0.1) is 0 Å². The number of H-pyrrole nitrogens is 1. The van der Waals surface area contributed by atoms with Gasteiger partial charge in [0.1, 0.15) is 5.82 Å². The summed E-state index contributed by atoms with van der Waals surface area (Å²) < 4.78 is 40.0. The summed E-state index contributed by atoms with van der Waals surface area (Å²) in [6, 6.07) is 0. The molecule has 2 rings (SSSR count). The average molecular weight is 259 g/mol. The van der Waals surface area contributed by atoms with E-state index in [9.17, 15) is 13.2 Å². The lowest BCUT2D eigenvalue weighted by Crippen LogP contribution is -2.61. The van der Waals surface area contributed by atoms with E-state index in [4.69, 9.17) is 0 Å². The van der Waals surface area contributed by atoms with Crippen LogP contribution < -0.4 is 5.32 Å². The third-order valence-corrected chi connectivity index (χ3v) is 2.57. The van der Waals surface area contributed by atoms with E-state index in [0.29, 0.717) is 0 Å². The van der Waals surface area contributed by atoms with Gasteiger partial charge in [-0.15, -0.1) is 0 Å². The van der Waals surface area contributed by atoms with E-state index >= 15 is 0 Å². The number of allylic oxidation sites excluding steroid dienone is 1. The third-order valence-electron chi connectivity index (χ3n) is 2.57. The monoisotopic (exact) mass is 259 g/mol. The molecule has 1 aliphatic heterocycles. The van der Waals surface area contributed by atoms with E-state index in [-0.39, 0.29) is 12.4 Å². The number of aromatic amines is 1. The molecule has 2 heterocycles. The van der Waals surface area contributed by atoms with Crippen LogP contribution in [0.5, 0.6) is 0 Å². The zero-order valence-corrected chi connectivity index (χ0v) is 9.57. The van der Waals surface area contributed by atoms with Gasteiger partial charge in [0, 0.05) is 19.0 Å². The Morgan fingerprint density at radius 3 is 2.83 bits per heavy atom. The highest BCUT2D eigenvalue weighted by Gasteiger charge is 2.59. The smallest absolute Gasteiger partial charge is 0.332 e. The maximum atomic E-state index is 13.3. The number of alkyl halides is 3. The number of aliphatic imine (C=N–C) groups is 1. The quantitative estimate of drug-likeness (QED) is 0.872. The molecule has 8 heteroatoms. The fourth-order valence-corrected chi connectivity index (χ4v) is 1.73. The number of hydrogen-bond acceptors (Lipinski definition) is 4. The van der Waals surface area contributed by atoms with Crippen molar-refractivity contribution >= 4 is 12.0 Å². The van der Waals surface area contributed by atoms with Gasteiger partial charge in [-0.25, -0.2) is 9.98 Å². The Labute approximate surface area is 101 Å². The molecule has 0 amide bonds. The van der Waals surface area contributed by atoms with Gasteiger partial charge >= 0.3 is 12.0 Å². The number of imidazole rings is 1. The molecule has 1 aromatic rings. The molecule has 98 valence electrons. The largest absolute Gasteiger partial charge is 0.453 e. The van der Waals surface area contributed by atoms with E-state index in [1.165, 1.54) is 24.8 Å². The summed E-state index contributed by atoms with van der Waals surface area (Å²) in [5.74, 6) is -2.35. The van der Waals surface area contributed by atoms with Crippen molar-refractivity contribution in [3.8, 4) is 0 Å². The molecule has 0 fully saturated rings. The zero-order valence-electron chi connectivity index (χ0n) is 9.57. The molecule has 18 heavy (non-hydrogen) atoms. The van der Waals surface area contributed by atoms with E-state index in [1.54, 1.807) is 6.92 Å². The van der Waals surface area contributed by atoms with Gasteiger partial charge in [-0.3, -0.25) is 0 Å². The highest BCUT2D eigenvalue weighted by atomic mass is 19.4. The van der Waals surface area contributed by atoms with E-state index < -0.39 is 12.0 Å². The van der Waals surface area contributed by atoms with Gasteiger partial charge in [0.05, 0.1) is 12.5 Å². The van der Waals surface area contributed by atoms with Gasteiger partial charge in [0.15, 0.2) is 0 Å². The molecule has 5 nitrogen and oxygen atoms in total. The van der Waals surface area contributed by atoms with Crippen molar-refractivity contribution in [1.29, 1.82) is 0 Å². The van der Waals surface area contributed by atoms with Crippen LogP contribution in [0.3, 0.4) is 0 Å². The van der Waals surface area contributed by atoms with Gasteiger partial charge in [0.25, 0.3) is 0 Å². The second-order valence-electron chi connectivity index (χ2n) is 3.67. The average Bonchev–Trinajstić information content (AvgIpc) is 2.81. The first kappa shape index (κ1) is 12.5. The molecular formula is C10H12F3N5. The van der Waals surface area contributed by atoms with Crippen LogP contribution in [0.25, 0.3) is 0 Å². The summed E-state index contributed by atoms with van der Waals surface area (Å²) in [5, 5.41) is 2.35. The van der Waals surface area contributed by atoms with Gasteiger partial charge in [-0.05, 0) is 13.0 Å². The molecular weight excluding hydrogens is 247 g/mol. The Kier molecular flexibility index (Phi) is 3.02. The number of halogens is 3. The predicted octanol–water partition coefficient (Wildman–Crippen LogP) is 1.96. The Balaban J connectivity index is 2.40. The van der Waals surface area contributed by atoms with Gasteiger partial charge in [-0.2, -0.15) is 13.2 Å². The molecule has 0 aliphatic carbocycles. The third kappa shape index (κ3) is 1.93. The maximum absolute atomic E-state index is 13.3. The van der Waals surface area contributed by atoms with Crippen LogP contribution in [-0.2, 0) is 0 Å². The normalized spacial score (nSPS) is 23.4. The summed E-state index contributed by atoms with van der Waals surface area (Å²) in [7, 11) is 0. The van der Waals surface area contributed by atoms with Crippen LogP contribution in [0.2, 0.25) is 0 Å². The summed E-state index contributed by atoms with van der Waals surface area (Å²) in [6.45, 7) is 1.79. The highest BCUT2D eigenvalue weighted by Crippen LogP contribution is 2.38. The molecule has 0 spiro atoms. The molecule has 2 N–H and O–H groups in total. The first-order chi connectivity index (χ1) is 8.49. The number of nitrogens with one attached hydrogen (secondary N) is 2. The highest BCUT2D eigenvalue weighted by molar-refractivity contribution is 5.73. The number of anilines is 1. The Hall–Kier alpha value is -1.99. The molecule has 0 saturated heterocycles. The van der Waals surface area contributed by atoms with Gasteiger partial charge in [-0.1, -0.05) is 0 Å². The van der Waals surface area contributed by atoms with Crippen molar-refractivity contribution in [3.63, 3.8) is 0 Å². The van der Waals surface area contributed by atoms with E-state index in [1.807, 2.05) is 0 Å². The molecule has 0 radical (unpaired) electrons. The number of nitrogens with zero attached hydrogens (tertiary/aromatic N) is 3. The minimum Gasteiger partial charge on any atom is -0.332 e. The minimum atomic E-state index is -4.57. The second kappa shape index (κ2) is 4.35. The summed E-state index contributed by atoms with van der Waals surface area (Å²) >= 11 is 0. The number of hydrogen-bond donors (Lipinski definition) is 2. The first-order valence-corrected chi connectivity index (χ1v) is 5.31. The van der Waals surface area contributed by atoms with Crippen molar-refractivity contribution in [2.75, 3.05) is 11.9 Å². The number of rotatable bonds is 3. The summed E-state index contributed by atoms with van der Waals surface area (Å²) in [4.78, 5) is 10.9. The zero-order chi connectivity index (χ0) is 13.2. The molecule has 0 aromatic carbocycles. The predicted molar refractivity (Wildman–Crippen MR) is 61.0 cm³/mol. The summed E-state index contributed by atoms with van der Waals surface area (Å²) in [5.41, 5.74) is 0. The fourth-order valence-electron chi connectivity index (χ4n) is 1.73. The van der Waals surface area contributed by atoms with Crippen LogP contribution in [0.4, 0.5) is 19.0 Å².